The van der Waals surface area contributed by atoms with E-state index in [0.29, 0.717) is 12.5 Å². The van der Waals surface area contributed by atoms with Crippen molar-refractivity contribution < 1.29 is 9.53 Å². The number of amides is 1. The molecular formula is C9H16N2O2. The van der Waals surface area contributed by atoms with Crippen molar-refractivity contribution in [2.24, 2.45) is 5.92 Å². The molecular weight excluding hydrogens is 168 g/mol. The molecule has 2 aliphatic heterocycles. The van der Waals surface area contributed by atoms with Crippen LogP contribution in [0.15, 0.2) is 0 Å². The van der Waals surface area contributed by atoms with Crippen molar-refractivity contribution in [1.29, 1.82) is 0 Å². The molecule has 0 aromatic heterocycles. The van der Waals surface area contributed by atoms with Gasteiger partial charge in [0.25, 0.3) is 0 Å². The monoisotopic (exact) mass is 184 g/mol. The fraction of sp³-hybridized carbons (Fsp3) is 0.889. The van der Waals surface area contributed by atoms with Gasteiger partial charge in [-0.05, 0) is 6.42 Å². The van der Waals surface area contributed by atoms with Crippen molar-refractivity contribution in [3.05, 3.63) is 0 Å². The number of hydrogen-bond donors (Lipinski definition) is 1. The van der Waals surface area contributed by atoms with Crippen molar-refractivity contribution in [2.45, 2.75) is 6.42 Å². The second-order valence-corrected chi connectivity index (χ2v) is 3.64. The summed E-state index contributed by atoms with van der Waals surface area (Å²) in [7, 11) is 0. The van der Waals surface area contributed by atoms with Crippen LogP contribution in [0.2, 0.25) is 0 Å². The van der Waals surface area contributed by atoms with Crippen molar-refractivity contribution in [3.63, 3.8) is 0 Å². The number of rotatable bonds is 1. The van der Waals surface area contributed by atoms with Crippen LogP contribution in [0.3, 0.4) is 0 Å². The second kappa shape index (κ2) is 4.07. The fourth-order valence-electron chi connectivity index (χ4n) is 1.87. The first kappa shape index (κ1) is 8.97. The zero-order valence-electron chi connectivity index (χ0n) is 7.79. The molecule has 13 heavy (non-hydrogen) atoms. The van der Waals surface area contributed by atoms with Crippen LogP contribution in [0.5, 0.6) is 0 Å². The number of ether oxygens (including phenoxy) is 1. The maximum atomic E-state index is 11.8. The highest BCUT2D eigenvalue weighted by molar-refractivity contribution is 5.79. The molecule has 2 aliphatic rings. The van der Waals surface area contributed by atoms with E-state index < -0.39 is 0 Å². The van der Waals surface area contributed by atoms with Gasteiger partial charge in [0.05, 0.1) is 12.5 Å². The summed E-state index contributed by atoms with van der Waals surface area (Å²) in [6.07, 6.45) is 0.906. The lowest BCUT2D eigenvalue weighted by atomic mass is 10.1. The zero-order valence-corrected chi connectivity index (χ0v) is 7.79. The Morgan fingerprint density at radius 2 is 2.15 bits per heavy atom. The summed E-state index contributed by atoms with van der Waals surface area (Å²) in [6, 6.07) is 0. The summed E-state index contributed by atoms with van der Waals surface area (Å²) in [5, 5.41) is 3.24. The highest BCUT2D eigenvalue weighted by atomic mass is 16.5. The van der Waals surface area contributed by atoms with Gasteiger partial charge in [0.2, 0.25) is 5.91 Å². The predicted molar refractivity (Wildman–Crippen MR) is 48.4 cm³/mol. The van der Waals surface area contributed by atoms with E-state index in [4.69, 9.17) is 4.74 Å². The van der Waals surface area contributed by atoms with Gasteiger partial charge in [-0.2, -0.15) is 0 Å². The van der Waals surface area contributed by atoms with Gasteiger partial charge < -0.3 is 15.0 Å². The Balaban J connectivity index is 1.87. The number of piperazine rings is 1. The predicted octanol–water partition coefficient (Wildman–Crippen LogP) is -0.545. The minimum absolute atomic E-state index is 0.137. The molecule has 4 heteroatoms. The Kier molecular flexibility index (Phi) is 2.80. The lowest BCUT2D eigenvalue weighted by Crippen LogP contribution is -2.48. The summed E-state index contributed by atoms with van der Waals surface area (Å²) in [6.45, 7) is 4.95. The molecule has 4 nitrogen and oxygen atoms in total. The van der Waals surface area contributed by atoms with E-state index in [9.17, 15) is 4.79 Å². The number of nitrogens with one attached hydrogen (secondary N) is 1. The van der Waals surface area contributed by atoms with Gasteiger partial charge in [0.15, 0.2) is 0 Å². The molecule has 2 heterocycles. The fourth-order valence-corrected chi connectivity index (χ4v) is 1.87. The van der Waals surface area contributed by atoms with Gasteiger partial charge >= 0.3 is 0 Å². The highest BCUT2D eigenvalue weighted by Gasteiger charge is 2.28. The minimum Gasteiger partial charge on any atom is -0.381 e. The van der Waals surface area contributed by atoms with Crippen LogP contribution in [-0.2, 0) is 9.53 Å². The molecule has 0 aliphatic carbocycles. The second-order valence-electron chi connectivity index (χ2n) is 3.64. The highest BCUT2D eigenvalue weighted by Crippen LogP contribution is 2.15. The van der Waals surface area contributed by atoms with Crippen LogP contribution >= 0.6 is 0 Å². The molecule has 0 radical (unpaired) electrons. The Morgan fingerprint density at radius 1 is 1.38 bits per heavy atom. The molecule has 1 N–H and O–H groups in total. The van der Waals surface area contributed by atoms with Crippen molar-refractivity contribution in [2.75, 3.05) is 39.4 Å². The lowest BCUT2D eigenvalue weighted by molar-refractivity contribution is -0.136. The lowest BCUT2D eigenvalue weighted by Gasteiger charge is -2.29. The molecule has 0 bridgehead atoms. The number of hydrogen-bond acceptors (Lipinski definition) is 3. The topological polar surface area (TPSA) is 41.6 Å². The normalized spacial score (nSPS) is 29.2. The molecule has 0 aromatic carbocycles. The van der Waals surface area contributed by atoms with E-state index in [0.717, 1.165) is 39.2 Å². The Hall–Kier alpha value is -0.610. The maximum absolute atomic E-state index is 11.8. The quantitative estimate of drug-likeness (QED) is 0.595. The van der Waals surface area contributed by atoms with Crippen molar-refractivity contribution >= 4 is 5.91 Å². The standard InChI is InChI=1S/C9H16N2O2/c12-9(8-1-6-13-7-8)11-4-2-10-3-5-11/h8,10H,1-7H2. The average molecular weight is 184 g/mol. The maximum Gasteiger partial charge on any atom is 0.228 e. The Labute approximate surface area is 78.2 Å². The summed E-state index contributed by atoms with van der Waals surface area (Å²) in [4.78, 5) is 13.8. The van der Waals surface area contributed by atoms with Gasteiger partial charge in [0, 0.05) is 32.8 Å². The zero-order chi connectivity index (χ0) is 9.10. The van der Waals surface area contributed by atoms with Gasteiger partial charge in [-0.25, -0.2) is 0 Å². The molecule has 2 fully saturated rings. The van der Waals surface area contributed by atoms with Crippen LogP contribution in [0, 0.1) is 5.92 Å². The third-order valence-electron chi connectivity index (χ3n) is 2.71. The van der Waals surface area contributed by atoms with Crippen molar-refractivity contribution in [1.82, 2.24) is 10.2 Å². The molecule has 0 aromatic rings. The van der Waals surface area contributed by atoms with Gasteiger partial charge in [0.1, 0.15) is 0 Å². The summed E-state index contributed by atoms with van der Waals surface area (Å²) in [5.41, 5.74) is 0. The number of nitrogens with zero attached hydrogens (tertiary/aromatic N) is 1. The third kappa shape index (κ3) is 2.00. The van der Waals surface area contributed by atoms with Gasteiger partial charge in [-0.15, -0.1) is 0 Å². The largest absolute Gasteiger partial charge is 0.381 e. The first-order valence-corrected chi connectivity index (χ1v) is 4.95. The summed E-state index contributed by atoms with van der Waals surface area (Å²) < 4.78 is 5.21. The molecule has 0 saturated carbocycles. The van der Waals surface area contributed by atoms with E-state index in [1.165, 1.54) is 0 Å². The van der Waals surface area contributed by atoms with E-state index in [2.05, 4.69) is 5.32 Å². The molecule has 1 atom stereocenters. The molecule has 74 valence electrons. The minimum atomic E-state index is 0.137. The molecule has 1 unspecified atom stereocenters. The van der Waals surface area contributed by atoms with E-state index in [1.54, 1.807) is 0 Å². The average Bonchev–Trinajstić information content (AvgIpc) is 2.71. The van der Waals surface area contributed by atoms with E-state index in [-0.39, 0.29) is 5.92 Å². The number of carbonyl (C=O) groups is 1. The smallest absolute Gasteiger partial charge is 0.228 e. The van der Waals surface area contributed by atoms with Crippen LogP contribution in [-0.4, -0.2) is 50.2 Å². The van der Waals surface area contributed by atoms with Crippen LogP contribution in [0.1, 0.15) is 6.42 Å². The Morgan fingerprint density at radius 3 is 2.77 bits per heavy atom. The first-order valence-electron chi connectivity index (χ1n) is 4.95. The summed E-state index contributed by atoms with van der Waals surface area (Å²) >= 11 is 0. The van der Waals surface area contributed by atoms with Gasteiger partial charge in [-0.1, -0.05) is 0 Å². The molecule has 2 saturated heterocycles. The van der Waals surface area contributed by atoms with Crippen LogP contribution in [0.4, 0.5) is 0 Å². The molecule has 0 spiro atoms. The van der Waals surface area contributed by atoms with Crippen LogP contribution in [0.25, 0.3) is 0 Å². The van der Waals surface area contributed by atoms with Crippen LogP contribution < -0.4 is 5.32 Å². The third-order valence-corrected chi connectivity index (χ3v) is 2.71. The molecule has 1 amide bonds. The number of carbonyl (C=O) groups excluding carboxylic acids is 1. The summed E-state index contributed by atoms with van der Waals surface area (Å²) in [5.74, 6) is 0.428. The molecule has 2 rings (SSSR count). The van der Waals surface area contributed by atoms with E-state index >= 15 is 0 Å². The van der Waals surface area contributed by atoms with E-state index in [1.807, 2.05) is 4.90 Å². The first-order chi connectivity index (χ1) is 6.38. The SMILES string of the molecule is O=C(C1CCOC1)N1CCNCC1. The van der Waals surface area contributed by atoms with Gasteiger partial charge in [-0.3, -0.25) is 4.79 Å². The Bertz CT molecular complexity index is 184. The van der Waals surface area contributed by atoms with Crippen molar-refractivity contribution in [3.8, 4) is 0 Å².